The average molecular weight is 507 g/mol. The van der Waals surface area contributed by atoms with E-state index >= 15 is 0 Å². The van der Waals surface area contributed by atoms with Crippen LogP contribution in [-0.4, -0.2) is 30.3 Å². The Bertz CT molecular complexity index is 1120. The largest absolute Gasteiger partial charge is 0.430 e. The summed E-state index contributed by atoms with van der Waals surface area (Å²) in [6.07, 6.45) is -5.17. The van der Waals surface area contributed by atoms with Crippen LogP contribution in [0.1, 0.15) is 30.5 Å². The summed E-state index contributed by atoms with van der Waals surface area (Å²) < 4.78 is 75.6. The standard InChI is InChI=1S/C27H26F5NO3/c1-17(2)23(33-24(34)26(36-3,27(30,31)32)20-7-5-4-6-8-20)25(35,18-9-13-21(28)14-10-18)19-11-15-22(29)16-12-19/h4-17,23,35H,1-3H3,(H,33,34)/t23-,26+/m0/s1. The van der Waals surface area contributed by atoms with Crippen LogP contribution in [0.3, 0.4) is 0 Å². The van der Waals surface area contributed by atoms with Crippen LogP contribution in [0.25, 0.3) is 0 Å². The highest BCUT2D eigenvalue weighted by molar-refractivity contribution is 5.88. The number of carbonyl (C=O) groups is 1. The van der Waals surface area contributed by atoms with Gasteiger partial charge >= 0.3 is 6.18 Å². The predicted octanol–water partition coefficient (Wildman–Crippen LogP) is 5.45. The van der Waals surface area contributed by atoms with Gasteiger partial charge in [-0.25, -0.2) is 8.78 Å². The molecule has 0 aliphatic heterocycles. The van der Waals surface area contributed by atoms with Crippen LogP contribution in [0.2, 0.25) is 0 Å². The maximum atomic E-state index is 14.5. The molecule has 0 fully saturated rings. The predicted molar refractivity (Wildman–Crippen MR) is 124 cm³/mol. The fourth-order valence-corrected chi connectivity index (χ4v) is 4.35. The Kier molecular flexibility index (Phi) is 7.85. The Balaban J connectivity index is 2.19. The Hall–Kier alpha value is -3.30. The van der Waals surface area contributed by atoms with Crippen molar-refractivity contribution in [1.82, 2.24) is 5.32 Å². The highest BCUT2D eigenvalue weighted by atomic mass is 19.4. The van der Waals surface area contributed by atoms with Crippen molar-refractivity contribution in [1.29, 1.82) is 0 Å². The maximum Gasteiger partial charge on any atom is 0.430 e. The number of rotatable bonds is 8. The van der Waals surface area contributed by atoms with E-state index in [4.69, 9.17) is 4.74 Å². The van der Waals surface area contributed by atoms with Crippen molar-refractivity contribution in [2.24, 2.45) is 5.92 Å². The average Bonchev–Trinajstić information content (AvgIpc) is 2.83. The molecule has 0 radical (unpaired) electrons. The van der Waals surface area contributed by atoms with Crippen molar-refractivity contribution in [3.63, 3.8) is 0 Å². The fourth-order valence-electron chi connectivity index (χ4n) is 4.35. The molecule has 1 amide bonds. The molecule has 9 heteroatoms. The van der Waals surface area contributed by atoms with Crippen LogP contribution >= 0.6 is 0 Å². The summed E-state index contributed by atoms with van der Waals surface area (Å²) in [6.45, 7) is 3.18. The molecule has 0 aliphatic rings. The first kappa shape index (κ1) is 27.3. The van der Waals surface area contributed by atoms with Crippen LogP contribution in [0.5, 0.6) is 0 Å². The minimum atomic E-state index is -5.17. The van der Waals surface area contributed by atoms with E-state index < -0.39 is 52.4 Å². The molecule has 0 bridgehead atoms. The molecule has 3 rings (SSSR count). The smallest absolute Gasteiger partial charge is 0.378 e. The van der Waals surface area contributed by atoms with Crippen molar-refractivity contribution in [3.05, 3.63) is 107 Å². The number of amides is 1. The SMILES string of the molecule is CO[C@@](C(=O)N[C@@H](C(C)C)C(O)(c1ccc(F)cc1)c1ccc(F)cc1)(c1ccccc1)C(F)(F)F. The lowest BCUT2D eigenvalue weighted by atomic mass is 9.75. The molecule has 0 unspecified atom stereocenters. The van der Waals surface area contributed by atoms with Gasteiger partial charge in [0.1, 0.15) is 17.2 Å². The van der Waals surface area contributed by atoms with E-state index in [1.165, 1.54) is 42.5 Å². The third-order valence-corrected chi connectivity index (χ3v) is 6.18. The van der Waals surface area contributed by atoms with Crippen molar-refractivity contribution >= 4 is 5.91 Å². The minimum absolute atomic E-state index is 0.0873. The second-order valence-corrected chi connectivity index (χ2v) is 8.72. The highest BCUT2D eigenvalue weighted by Crippen LogP contribution is 2.43. The van der Waals surface area contributed by atoms with E-state index in [2.05, 4.69) is 5.32 Å². The summed E-state index contributed by atoms with van der Waals surface area (Å²) in [4.78, 5) is 13.5. The summed E-state index contributed by atoms with van der Waals surface area (Å²) in [7, 11) is 0.774. The Morgan fingerprint density at radius 2 is 1.25 bits per heavy atom. The number of ether oxygens (including phenoxy) is 1. The molecule has 3 aromatic carbocycles. The van der Waals surface area contributed by atoms with Gasteiger partial charge < -0.3 is 15.2 Å². The van der Waals surface area contributed by atoms with E-state index in [0.29, 0.717) is 0 Å². The third-order valence-electron chi connectivity index (χ3n) is 6.18. The van der Waals surface area contributed by atoms with Crippen LogP contribution in [0.4, 0.5) is 22.0 Å². The second kappa shape index (κ2) is 10.4. The number of aliphatic hydroxyl groups is 1. The van der Waals surface area contributed by atoms with E-state index in [0.717, 1.165) is 43.5 Å². The van der Waals surface area contributed by atoms with E-state index in [-0.39, 0.29) is 11.1 Å². The molecule has 192 valence electrons. The number of carbonyl (C=O) groups excluding carboxylic acids is 1. The van der Waals surface area contributed by atoms with Crippen molar-refractivity contribution in [3.8, 4) is 0 Å². The number of alkyl halides is 3. The zero-order valence-electron chi connectivity index (χ0n) is 19.8. The zero-order chi connectivity index (χ0) is 26.7. The Morgan fingerprint density at radius 1 is 0.806 bits per heavy atom. The molecule has 0 spiro atoms. The summed E-state index contributed by atoms with van der Waals surface area (Å²) in [5.41, 5.74) is -5.82. The fraction of sp³-hybridized carbons (Fsp3) is 0.296. The molecule has 0 aliphatic carbocycles. The molecule has 3 aromatic rings. The maximum absolute atomic E-state index is 14.5. The van der Waals surface area contributed by atoms with E-state index in [1.54, 1.807) is 13.8 Å². The third kappa shape index (κ3) is 4.85. The summed E-state index contributed by atoms with van der Waals surface area (Å²) in [5.74, 6) is -3.41. The molecular weight excluding hydrogens is 481 g/mol. The van der Waals surface area contributed by atoms with Gasteiger partial charge in [0.2, 0.25) is 0 Å². The van der Waals surface area contributed by atoms with Crippen molar-refractivity contribution in [2.45, 2.75) is 37.3 Å². The van der Waals surface area contributed by atoms with Gasteiger partial charge in [-0.05, 0) is 41.3 Å². The van der Waals surface area contributed by atoms with E-state index in [9.17, 15) is 31.9 Å². The van der Waals surface area contributed by atoms with Gasteiger partial charge in [-0.1, -0.05) is 68.4 Å². The molecule has 0 saturated heterocycles. The number of hydrogen-bond acceptors (Lipinski definition) is 3. The van der Waals surface area contributed by atoms with Gasteiger partial charge in [0, 0.05) is 12.7 Å². The molecule has 4 nitrogen and oxygen atoms in total. The Labute approximate surface area is 205 Å². The lowest BCUT2D eigenvalue weighted by molar-refractivity contribution is -0.266. The van der Waals surface area contributed by atoms with Crippen molar-refractivity contribution in [2.75, 3.05) is 7.11 Å². The van der Waals surface area contributed by atoms with Gasteiger partial charge in [-0.15, -0.1) is 0 Å². The van der Waals surface area contributed by atoms with E-state index in [1.807, 2.05) is 0 Å². The number of nitrogens with one attached hydrogen (secondary N) is 1. The Morgan fingerprint density at radius 3 is 1.61 bits per heavy atom. The molecular formula is C27H26F5NO3. The first-order valence-corrected chi connectivity index (χ1v) is 11.1. The minimum Gasteiger partial charge on any atom is -0.378 e. The highest BCUT2D eigenvalue weighted by Gasteiger charge is 2.63. The lowest BCUT2D eigenvalue weighted by Gasteiger charge is -2.42. The monoisotopic (exact) mass is 507 g/mol. The number of hydrogen-bond donors (Lipinski definition) is 2. The topological polar surface area (TPSA) is 58.6 Å². The summed E-state index contributed by atoms with van der Waals surface area (Å²) in [5, 5.41) is 14.4. The van der Waals surface area contributed by atoms with Crippen LogP contribution in [-0.2, 0) is 20.7 Å². The molecule has 2 N–H and O–H groups in total. The number of benzene rings is 3. The molecule has 36 heavy (non-hydrogen) atoms. The van der Waals surface area contributed by atoms with Gasteiger partial charge in [-0.2, -0.15) is 13.2 Å². The quantitative estimate of drug-likeness (QED) is 0.399. The summed E-state index contributed by atoms with van der Waals surface area (Å²) >= 11 is 0. The normalized spacial score (nSPS) is 14.8. The molecule has 0 aromatic heterocycles. The van der Waals surface area contributed by atoms with Crippen molar-refractivity contribution < 1.29 is 36.6 Å². The molecule has 2 atom stereocenters. The summed E-state index contributed by atoms with van der Waals surface area (Å²) in [6, 6.07) is 14.4. The van der Waals surface area contributed by atoms with Gasteiger partial charge in [0.15, 0.2) is 0 Å². The number of halogens is 5. The van der Waals surface area contributed by atoms with Gasteiger partial charge in [-0.3, -0.25) is 4.79 Å². The van der Waals surface area contributed by atoms with Crippen LogP contribution < -0.4 is 5.32 Å². The van der Waals surface area contributed by atoms with Gasteiger partial charge in [0.05, 0.1) is 6.04 Å². The first-order chi connectivity index (χ1) is 16.9. The van der Waals surface area contributed by atoms with Crippen LogP contribution in [0.15, 0.2) is 78.9 Å². The lowest BCUT2D eigenvalue weighted by Crippen LogP contribution is -2.62. The molecule has 0 heterocycles. The van der Waals surface area contributed by atoms with Crippen LogP contribution in [0, 0.1) is 17.6 Å². The molecule has 0 saturated carbocycles. The zero-order valence-corrected chi connectivity index (χ0v) is 19.8. The number of methoxy groups -OCH3 is 1. The second-order valence-electron chi connectivity index (χ2n) is 8.72. The van der Waals surface area contributed by atoms with Gasteiger partial charge in [0.25, 0.3) is 11.5 Å². The first-order valence-electron chi connectivity index (χ1n) is 11.1.